The van der Waals surface area contributed by atoms with Crippen LogP contribution < -0.4 is 10.2 Å². The molecule has 0 bridgehead atoms. The van der Waals surface area contributed by atoms with Crippen LogP contribution in [0.4, 0.5) is 5.95 Å². The fourth-order valence-electron chi connectivity index (χ4n) is 3.76. The normalized spacial score (nSPS) is 15.6. The molecule has 1 aliphatic heterocycles. The lowest BCUT2D eigenvalue weighted by Gasteiger charge is -2.32. The Kier molecular flexibility index (Phi) is 3.87. The van der Waals surface area contributed by atoms with Crippen molar-refractivity contribution in [3.05, 3.63) is 42.1 Å². The molecule has 0 saturated carbocycles. The zero-order chi connectivity index (χ0) is 19.3. The Hall–Kier alpha value is -3.26. The molecule has 1 aliphatic rings. The fraction of sp³-hybridized carbons (Fsp3) is 0.300. The SMILES string of the molecule is CNC(=O)c1cc2cnc(N3CCN(C)CC3)nc2n2c1nc1ccccc12. The molecule has 3 aromatic heterocycles. The Bertz CT molecular complexity index is 1210. The van der Waals surface area contributed by atoms with E-state index in [-0.39, 0.29) is 5.91 Å². The number of imidazole rings is 1. The van der Waals surface area contributed by atoms with E-state index in [2.05, 4.69) is 27.1 Å². The van der Waals surface area contributed by atoms with Gasteiger partial charge in [0, 0.05) is 44.8 Å². The molecule has 5 rings (SSSR count). The first-order valence-corrected chi connectivity index (χ1v) is 9.38. The molecule has 4 aromatic rings. The van der Waals surface area contributed by atoms with Gasteiger partial charge < -0.3 is 15.1 Å². The number of hydrogen-bond donors (Lipinski definition) is 1. The Labute approximate surface area is 161 Å². The standard InChI is InChI=1S/C20H21N7O/c1-21-19(28)14-11-13-12-22-20(26-9-7-25(2)8-10-26)24-17(13)27-16-6-4-3-5-15(16)23-18(14)27/h3-6,11-12H,7-10H2,1-2H3,(H,21,28). The first kappa shape index (κ1) is 16.9. The molecule has 0 atom stereocenters. The minimum absolute atomic E-state index is 0.176. The smallest absolute Gasteiger partial charge is 0.254 e. The van der Waals surface area contributed by atoms with Gasteiger partial charge >= 0.3 is 0 Å². The number of rotatable bonds is 2. The Balaban J connectivity index is 1.79. The monoisotopic (exact) mass is 375 g/mol. The zero-order valence-corrected chi connectivity index (χ0v) is 15.9. The number of piperazine rings is 1. The maximum absolute atomic E-state index is 12.5. The van der Waals surface area contributed by atoms with Crippen molar-refractivity contribution in [3.63, 3.8) is 0 Å². The largest absolute Gasteiger partial charge is 0.355 e. The summed E-state index contributed by atoms with van der Waals surface area (Å²) in [5, 5.41) is 3.52. The number of nitrogens with zero attached hydrogens (tertiary/aromatic N) is 6. The highest BCUT2D eigenvalue weighted by molar-refractivity contribution is 6.05. The van der Waals surface area contributed by atoms with E-state index in [1.807, 2.05) is 34.7 Å². The highest BCUT2D eigenvalue weighted by Gasteiger charge is 2.20. The van der Waals surface area contributed by atoms with E-state index in [1.165, 1.54) is 0 Å². The predicted molar refractivity (Wildman–Crippen MR) is 109 cm³/mol. The molecule has 142 valence electrons. The number of carbonyl (C=O) groups excluding carboxylic acids is 1. The number of likely N-dealkylation sites (N-methyl/N-ethyl adjacent to an activating group) is 1. The summed E-state index contributed by atoms with van der Waals surface area (Å²) in [6, 6.07) is 9.69. The number of aromatic nitrogens is 4. The summed E-state index contributed by atoms with van der Waals surface area (Å²) < 4.78 is 1.97. The lowest BCUT2D eigenvalue weighted by Crippen LogP contribution is -2.45. The van der Waals surface area contributed by atoms with Gasteiger partial charge in [-0.05, 0) is 25.2 Å². The molecule has 4 heterocycles. The first-order valence-electron chi connectivity index (χ1n) is 9.38. The third kappa shape index (κ3) is 2.56. The quantitative estimate of drug-likeness (QED) is 0.573. The van der Waals surface area contributed by atoms with E-state index in [1.54, 1.807) is 13.2 Å². The number of pyridine rings is 1. The van der Waals surface area contributed by atoms with Crippen molar-refractivity contribution in [2.75, 3.05) is 45.2 Å². The van der Waals surface area contributed by atoms with Crippen molar-refractivity contribution < 1.29 is 4.79 Å². The molecule has 1 N–H and O–H groups in total. The maximum Gasteiger partial charge on any atom is 0.254 e. The Morgan fingerprint density at radius 2 is 1.86 bits per heavy atom. The van der Waals surface area contributed by atoms with Crippen molar-refractivity contribution >= 4 is 39.6 Å². The summed E-state index contributed by atoms with van der Waals surface area (Å²) in [4.78, 5) is 31.2. The molecule has 0 unspecified atom stereocenters. The van der Waals surface area contributed by atoms with E-state index in [4.69, 9.17) is 9.97 Å². The van der Waals surface area contributed by atoms with Gasteiger partial charge in [0.05, 0.1) is 16.6 Å². The van der Waals surface area contributed by atoms with Crippen LogP contribution in [0.3, 0.4) is 0 Å². The summed E-state index contributed by atoms with van der Waals surface area (Å²) in [6.45, 7) is 3.76. The van der Waals surface area contributed by atoms with Gasteiger partial charge in [-0.15, -0.1) is 0 Å². The van der Waals surface area contributed by atoms with Gasteiger partial charge in [0.1, 0.15) is 0 Å². The van der Waals surface area contributed by atoms with Crippen LogP contribution in [0.25, 0.3) is 27.7 Å². The molecule has 8 heteroatoms. The number of hydrogen-bond acceptors (Lipinski definition) is 6. The van der Waals surface area contributed by atoms with Gasteiger partial charge in [-0.1, -0.05) is 12.1 Å². The van der Waals surface area contributed by atoms with Crippen molar-refractivity contribution in [2.24, 2.45) is 0 Å². The van der Waals surface area contributed by atoms with Gasteiger partial charge in [0.2, 0.25) is 5.95 Å². The molecule has 1 saturated heterocycles. The third-order valence-electron chi connectivity index (χ3n) is 5.35. The third-order valence-corrected chi connectivity index (χ3v) is 5.35. The highest BCUT2D eigenvalue weighted by atomic mass is 16.1. The van der Waals surface area contributed by atoms with Crippen LogP contribution in [0.1, 0.15) is 10.4 Å². The Morgan fingerprint density at radius 1 is 1.07 bits per heavy atom. The molecule has 0 radical (unpaired) electrons. The van der Waals surface area contributed by atoms with Crippen LogP contribution in [0.15, 0.2) is 36.5 Å². The van der Waals surface area contributed by atoms with Gasteiger partial charge in [-0.25, -0.2) is 9.97 Å². The molecular weight excluding hydrogens is 354 g/mol. The molecule has 0 spiro atoms. The molecule has 1 amide bonds. The molecule has 8 nitrogen and oxygen atoms in total. The fourth-order valence-corrected chi connectivity index (χ4v) is 3.76. The second-order valence-electron chi connectivity index (χ2n) is 7.14. The summed E-state index contributed by atoms with van der Waals surface area (Å²) in [7, 11) is 3.75. The molecule has 1 aromatic carbocycles. The topological polar surface area (TPSA) is 78.7 Å². The second kappa shape index (κ2) is 6.42. The molecular formula is C20H21N7O. The number of anilines is 1. The van der Waals surface area contributed by atoms with Crippen molar-refractivity contribution in [1.29, 1.82) is 0 Å². The lowest BCUT2D eigenvalue weighted by atomic mass is 10.2. The van der Waals surface area contributed by atoms with Gasteiger partial charge in [-0.2, -0.15) is 4.98 Å². The van der Waals surface area contributed by atoms with Crippen LogP contribution in [0.2, 0.25) is 0 Å². The number of carbonyl (C=O) groups is 1. The van der Waals surface area contributed by atoms with Crippen LogP contribution in [0.5, 0.6) is 0 Å². The number of fused-ring (bicyclic) bond motifs is 5. The van der Waals surface area contributed by atoms with Gasteiger partial charge in [0.25, 0.3) is 5.91 Å². The number of amides is 1. The zero-order valence-electron chi connectivity index (χ0n) is 15.9. The van der Waals surface area contributed by atoms with Crippen LogP contribution in [-0.2, 0) is 0 Å². The summed E-state index contributed by atoms with van der Waals surface area (Å²) in [6.07, 6.45) is 1.80. The lowest BCUT2D eigenvalue weighted by molar-refractivity contribution is 0.0964. The van der Waals surface area contributed by atoms with Gasteiger partial charge in [-0.3, -0.25) is 9.20 Å². The van der Waals surface area contributed by atoms with Gasteiger partial charge in [0.15, 0.2) is 11.3 Å². The van der Waals surface area contributed by atoms with Crippen molar-refractivity contribution in [2.45, 2.75) is 0 Å². The van der Waals surface area contributed by atoms with Crippen LogP contribution in [-0.4, -0.2) is 70.4 Å². The van der Waals surface area contributed by atoms with Crippen LogP contribution in [0, 0.1) is 0 Å². The predicted octanol–water partition coefficient (Wildman–Crippen LogP) is 1.54. The summed E-state index contributed by atoms with van der Waals surface area (Å²) >= 11 is 0. The molecule has 28 heavy (non-hydrogen) atoms. The minimum Gasteiger partial charge on any atom is -0.355 e. The number of para-hydroxylation sites is 2. The average Bonchev–Trinajstić information content (AvgIpc) is 3.12. The van der Waals surface area contributed by atoms with Crippen molar-refractivity contribution in [1.82, 2.24) is 29.6 Å². The molecule has 0 aliphatic carbocycles. The van der Waals surface area contributed by atoms with Crippen LogP contribution >= 0.6 is 0 Å². The Morgan fingerprint density at radius 3 is 2.64 bits per heavy atom. The molecule has 1 fully saturated rings. The average molecular weight is 375 g/mol. The summed E-state index contributed by atoms with van der Waals surface area (Å²) in [5.74, 6) is 0.540. The van der Waals surface area contributed by atoms with E-state index >= 15 is 0 Å². The number of nitrogens with one attached hydrogen (secondary N) is 1. The minimum atomic E-state index is -0.176. The van der Waals surface area contributed by atoms with E-state index in [0.29, 0.717) is 17.2 Å². The second-order valence-corrected chi connectivity index (χ2v) is 7.14. The van der Waals surface area contributed by atoms with E-state index in [9.17, 15) is 4.79 Å². The van der Waals surface area contributed by atoms with E-state index < -0.39 is 0 Å². The first-order chi connectivity index (χ1) is 13.7. The van der Waals surface area contributed by atoms with Crippen molar-refractivity contribution in [3.8, 4) is 0 Å². The maximum atomic E-state index is 12.5. The highest BCUT2D eigenvalue weighted by Crippen LogP contribution is 2.26. The number of benzene rings is 1. The van der Waals surface area contributed by atoms with E-state index in [0.717, 1.165) is 48.2 Å². The summed E-state index contributed by atoms with van der Waals surface area (Å²) in [5.41, 5.74) is 3.65.